The summed E-state index contributed by atoms with van der Waals surface area (Å²) in [5, 5.41) is 0. The van der Waals surface area contributed by atoms with Crippen LogP contribution in [0.15, 0.2) is 18.2 Å². The Morgan fingerprint density at radius 1 is 1.24 bits per heavy atom. The first kappa shape index (κ1) is 14.8. The van der Waals surface area contributed by atoms with E-state index in [1.165, 1.54) is 38.2 Å². The average molecular weight is 293 g/mol. The summed E-state index contributed by atoms with van der Waals surface area (Å²) in [6.07, 6.45) is 8.58. The summed E-state index contributed by atoms with van der Waals surface area (Å²) in [6, 6.07) is 4.87. The van der Waals surface area contributed by atoms with E-state index in [-0.39, 0.29) is 24.1 Å². The third-order valence-corrected chi connectivity index (χ3v) is 4.78. The molecule has 0 bridgehead atoms. The molecule has 21 heavy (non-hydrogen) atoms. The van der Waals surface area contributed by atoms with Gasteiger partial charge in [-0.05, 0) is 31.7 Å². The molecule has 3 nitrogen and oxygen atoms in total. The lowest BCUT2D eigenvalue weighted by atomic mass is 9.83. The Balaban J connectivity index is 1.53. The van der Waals surface area contributed by atoms with E-state index < -0.39 is 0 Å². The van der Waals surface area contributed by atoms with Crippen molar-refractivity contribution in [3.8, 4) is 5.75 Å². The molecule has 116 valence electrons. The topological polar surface area (TPSA) is 44.5 Å². The van der Waals surface area contributed by atoms with Crippen molar-refractivity contribution in [3.63, 3.8) is 0 Å². The van der Waals surface area contributed by atoms with Crippen LogP contribution in [-0.4, -0.2) is 18.3 Å². The molecule has 0 radical (unpaired) electrons. The Labute approximate surface area is 125 Å². The van der Waals surface area contributed by atoms with Gasteiger partial charge in [-0.3, -0.25) is 0 Å². The van der Waals surface area contributed by atoms with E-state index in [0.29, 0.717) is 17.9 Å². The highest BCUT2D eigenvalue weighted by Gasteiger charge is 2.40. The molecule has 2 N–H and O–H groups in total. The standard InChI is InChI=1S/C17H24FNO2/c18-16-10-14(5-4-13(16)11-19)20-12-15-6-9-17(21-15)7-2-1-3-8-17/h4-5,10,15H,1-3,6-9,11-12,19H2. The summed E-state index contributed by atoms with van der Waals surface area (Å²) in [7, 11) is 0. The predicted molar refractivity (Wildman–Crippen MR) is 79.7 cm³/mol. The minimum atomic E-state index is -0.300. The fourth-order valence-corrected chi connectivity index (χ4v) is 3.55. The molecular weight excluding hydrogens is 269 g/mol. The molecule has 1 aromatic rings. The van der Waals surface area contributed by atoms with Gasteiger partial charge in [0, 0.05) is 18.2 Å². The first-order valence-corrected chi connectivity index (χ1v) is 8.00. The number of benzene rings is 1. The van der Waals surface area contributed by atoms with Crippen LogP contribution in [0, 0.1) is 5.82 Å². The van der Waals surface area contributed by atoms with Crippen LogP contribution < -0.4 is 10.5 Å². The van der Waals surface area contributed by atoms with E-state index in [9.17, 15) is 4.39 Å². The van der Waals surface area contributed by atoms with Crippen molar-refractivity contribution < 1.29 is 13.9 Å². The molecule has 1 atom stereocenters. The first-order chi connectivity index (χ1) is 10.2. The highest BCUT2D eigenvalue weighted by atomic mass is 19.1. The maximum absolute atomic E-state index is 13.6. The van der Waals surface area contributed by atoms with E-state index in [4.69, 9.17) is 15.2 Å². The lowest BCUT2D eigenvalue weighted by Gasteiger charge is -2.33. The molecule has 1 spiro atoms. The molecule has 1 saturated heterocycles. The molecule has 1 aliphatic carbocycles. The summed E-state index contributed by atoms with van der Waals surface area (Å²) in [6.45, 7) is 0.712. The van der Waals surface area contributed by atoms with E-state index >= 15 is 0 Å². The van der Waals surface area contributed by atoms with Crippen LogP contribution in [-0.2, 0) is 11.3 Å². The van der Waals surface area contributed by atoms with Crippen LogP contribution in [0.3, 0.4) is 0 Å². The SMILES string of the molecule is NCc1ccc(OCC2CCC3(CCCCC3)O2)cc1F. The van der Waals surface area contributed by atoms with Gasteiger partial charge in [0.05, 0.1) is 11.7 Å². The van der Waals surface area contributed by atoms with Gasteiger partial charge in [-0.2, -0.15) is 0 Å². The summed E-state index contributed by atoms with van der Waals surface area (Å²) in [5.74, 6) is 0.254. The zero-order valence-electron chi connectivity index (χ0n) is 12.4. The van der Waals surface area contributed by atoms with E-state index in [1.54, 1.807) is 12.1 Å². The summed E-state index contributed by atoms with van der Waals surface area (Å²) in [5.41, 5.74) is 6.08. The predicted octanol–water partition coefficient (Wildman–Crippen LogP) is 3.55. The second kappa shape index (κ2) is 6.32. The maximum Gasteiger partial charge on any atom is 0.131 e. The van der Waals surface area contributed by atoms with E-state index in [1.807, 2.05) is 0 Å². The van der Waals surface area contributed by atoms with Crippen LogP contribution in [0.4, 0.5) is 4.39 Å². The summed E-state index contributed by atoms with van der Waals surface area (Å²) >= 11 is 0. The highest BCUT2D eigenvalue weighted by molar-refractivity contribution is 5.28. The Bertz CT molecular complexity index is 486. The van der Waals surface area contributed by atoms with Gasteiger partial charge in [0.2, 0.25) is 0 Å². The van der Waals surface area contributed by atoms with Crippen molar-refractivity contribution >= 4 is 0 Å². The number of hydrogen-bond acceptors (Lipinski definition) is 3. The second-order valence-corrected chi connectivity index (χ2v) is 6.29. The van der Waals surface area contributed by atoms with Crippen LogP contribution in [0.1, 0.15) is 50.5 Å². The molecule has 0 aromatic heterocycles. The fraction of sp³-hybridized carbons (Fsp3) is 0.647. The van der Waals surface area contributed by atoms with Crippen LogP contribution >= 0.6 is 0 Å². The molecule has 1 heterocycles. The average Bonchev–Trinajstić information content (AvgIpc) is 2.89. The summed E-state index contributed by atoms with van der Waals surface area (Å²) in [4.78, 5) is 0. The zero-order valence-corrected chi connectivity index (χ0v) is 12.4. The lowest BCUT2D eigenvalue weighted by Crippen LogP contribution is -2.32. The van der Waals surface area contributed by atoms with Crippen LogP contribution in [0.2, 0.25) is 0 Å². The largest absolute Gasteiger partial charge is 0.491 e. The molecule has 1 saturated carbocycles. The van der Waals surface area contributed by atoms with E-state index in [2.05, 4.69) is 0 Å². The van der Waals surface area contributed by atoms with Gasteiger partial charge in [0.1, 0.15) is 18.2 Å². The number of nitrogens with two attached hydrogens (primary N) is 1. The normalized spacial score (nSPS) is 24.4. The number of hydrogen-bond donors (Lipinski definition) is 1. The number of halogens is 1. The molecule has 2 aliphatic rings. The van der Waals surface area contributed by atoms with Crippen molar-refractivity contribution in [2.45, 2.75) is 63.2 Å². The van der Waals surface area contributed by atoms with Crippen molar-refractivity contribution in [3.05, 3.63) is 29.6 Å². The van der Waals surface area contributed by atoms with Gasteiger partial charge in [0.15, 0.2) is 0 Å². The van der Waals surface area contributed by atoms with Gasteiger partial charge < -0.3 is 15.2 Å². The molecule has 0 amide bonds. The maximum atomic E-state index is 13.6. The van der Waals surface area contributed by atoms with Gasteiger partial charge in [-0.15, -0.1) is 0 Å². The summed E-state index contributed by atoms with van der Waals surface area (Å²) < 4.78 is 25.6. The Morgan fingerprint density at radius 3 is 2.76 bits per heavy atom. The fourth-order valence-electron chi connectivity index (χ4n) is 3.55. The lowest BCUT2D eigenvalue weighted by molar-refractivity contribution is -0.0748. The van der Waals surface area contributed by atoms with Crippen molar-refractivity contribution in [1.29, 1.82) is 0 Å². The molecule has 1 unspecified atom stereocenters. The molecular formula is C17H24FNO2. The molecule has 1 aromatic carbocycles. The molecule has 3 rings (SSSR count). The third kappa shape index (κ3) is 3.38. The Hall–Kier alpha value is -1.13. The molecule has 2 fully saturated rings. The zero-order chi connectivity index (χ0) is 14.7. The van der Waals surface area contributed by atoms with Crippen LogP contribution in [0.25, 0.3) is 0 Å². The number of rotatable bonds is 4. The van der Waals surface area contributed by atoms with Gasteiger partial charge in [-0.1, -0.05) is 25.3 Å². The minimum Gasteiger partial charge on any atom is -0.491 e. The first-order valence-electron chi connectivity index (χ1n) is 8.00. The Morgan fingerprint density at radius 2 is 2.05 bits per heavy atom. The smallest absolute Gasteiger partial charge is 0.131 e. The second-order valence-electron chi connectivity index (χ2n) is 6.29. The highest BCUT2D eigenvalue weighted by Crippen LogP contribution is 2.41. The monoisotopic (exact) mass is 293 g/mol. The minimum absolute atomic E-state index is 0.112. The van der Waals surface area contributed by atoms with E-state index in [0.717, 1.165) is 12.8 Å². The van der Waals surface area contributed by atoms with Gasteiger partial charge in [0.25, 0.3) is 0 Å². The number of ether oxygens (including phenoxy) is 2. The molecule has 4 heteroatoms. The molecule has 1 aliphatic heterocycles. The van der Waals surface area contributed by atoms with Crippen LogP contribution in [0.5, 0.6) is 5.75 Å². The van der Waals surface area contributed by atoms with Crippen molar-refractivity contribution in [2.24, 2.45) is 5.73 Å². The van der Waals surface area contributed by atoms with Gasteiger partial charge in [-0.25, -0.2) is 4.39 Å². The quantitative estimate of drug-likeness (QED) is 0.923. The van der Waals surface area contributed by atoms with Crippen molar-refractivity contribution in [2.75, 3.05) is 6.61 Å². The van der Waals surface area contributed by atoms with Crippen molar-refractivity contribution in [1.82, 2.24) is 0 Å². The Kier molecular flexibility index (Phi) is 4.45. The third-order valence-electron chi connectivity index (χ3n) is 4.78. The van der Waals surface area contributed by atoms with Gasteiger partial charge >= 0.3 is 0 Å².